The number of allylic oxidation sites excluding steroid dienone is 1. The Morgan fingerprint density at radius 3 is 2.48 bits per heavy atom. The van der Waals surface area contributed by atoms with Crippen molar-refractivity contribution in [3.05, 3.63) is 47.7 Å². The molecule has 1 heterocycles. The number of ether oxygens (including phenoxy) is 1. The summed E-state index contributed by atoms with van der Waals surface area (Å²) in [5.74, 6) is -3.05. The van der Waals surface area contributed by atoms with Crippen molar-refractivity contribution in [2.45, 2.75) is 38.4 Å². The van der Waals surface area contributed by atoms with Crippen molar-refractivity contribution in [1.29, 1.82) is 0 Å². The Kier molecular flexibility index (Phi) is 6.76. The minimum absolute atomic E-state index is 0.327. The van der Waals surface area contributed by atoms with E-state index in [4.69, 9.17) is 4.74 Å². The molecule has 1 aromatic carbocycles. The first-order valence-corrected chi connectivity index (χ1v) is 8.56. The Bertz CT molecular complexity index is 725. The Morgan fingerprint density at radius 2 is 1.89 bits per heavy atom. The van der Waals surface area contributed by atoms with Crippen LogP contribution in [0, 0.1) is 0 Å². The molecule has 1 fully saturated rings. The smallest absolute Gasteiger partial charge is 0.454 e. The number of carbonyl (C=O) groups is 3. The largest absolute Gasteiger partial charge is 0.456 e. The van der Waals surface area contributed by atoms with Gasteiger partial charge >= 0.3 is 12.1 Å². The Balaban J connectivity index is 1.91. The highest BCUT2D eigenvalue weighted by Crippen LogP contribution is 2.21. The van der Waals surface area contributed by atoms with Gasteiger partial charge in [-0.3, -0.25) is 9.59 Å². The van der Waals surface area contributed by atoms with Gasteiger partial charge in [0, 0.05) is 24.4 Å². The van der Waals surface area contributed by atoms with Crippen LogP contribution in [-0.4, -0.2) is 47.8 Å². The van der Waals surface area contributed by atoms with Crippen LogP contribution in [0.3, 0.4) is 0 Å². The number of alkyl halides is 3. The highest BCUT2D eigenvalue weighted by Gasteiger charge is 2.37. The van der Waals surface area contributed by atoms with Gasteiger partial charge in [-0.2, -0.15) is 13.2 Å². The maximum Gasteiger partial charge on any atom is 0.454 e. The number of hydrogen-bond acceptors (Lipinski definition) is 5. The summed E-state index contributed by atoms with van der Waals surface area (Å²) in [7, 11) is 0. The second-order valence-corrected chi connectivity index (χ2v) is 6.15. The number of rotatable bonds is 7. The summed E-state index contributed by atoms with van der Waals surface area (Å²) in [6, 6.07) is 6.13. The molecule has 1 aliphatic rings. The summed E-state index contributed by atoms with van der Waals surface area (Å²) in [4.78, 5) is 36.5. The average Bonchev–Trinajstić information content (AvgIpc) is 3.11. The maximum absolute atomic E-state index is 12.2. The first-order chi connectivity index (χ1) is 12.7. The fourth-order valence-electron chi connectivity index (χ4n) is 2.72. The third-order valence-corrected chi connectivity index (χ3v) is 4.29. The number of likely N-dealkylation sites (tertiary alicyclic amines) is 1. The molecule has 0 aliphatic carbocycles. The summed E-state index contributed by atoms with van der Waals surface area (Å²) >= 11 is 0. The van der Waals surface area contributed by atoms with E-state index < -0.39 is 30.6 Å². The second kappa shape index (κ2) is 8.83. The molecule has 1 unspecified atom stereocenters. The molecule has 146 valence electrons. The zero-order chi connectivity index (χ0) is 20.0. The molecule has 0 amide bonds. The second-order valence-electron chi connectivity index (χ2n) is 6.15. The zero-order valence-corrected chi connectivity index (χ0v) is 14.8. The summed E-state index contributed by atoms with van der Waals surface area (Å²) < 4.78 is 41.8. The van der Waals surface area contributed by atoms with Gasteiger partial charge in [0.25, 0.3) is 5.78 Å². The molecule has 1 aliphatic heterocycles. The third-order valence-electron chi connectivity index (χ3n) is 4.29. The lowest BCUT2D eigenvalue weighted by atomic mass is 10.1. The lowest BCUT2D eigenvalue weighted by Gasteiger charge is -2.21. The minimum Gasteiger partial charge on any atom is -0.456 e. The highest BCUT2D eigenvalue weighted by atomic mass is 19.4. The molecule has 0 bridgehead atoms. The number of Topliss-reactive ketones (excluding diaryl/α,β-unsaturated/α-hetero) is 1. The molecule has 0 radical (unpaired) electrons. The van der Waals surface area contributed by atoms with E-state index in [-0.39, 0.29) is 5.78 Å². The topological polar surface area (TPSA) is 63.7 Å². The number of aryl methyl sites for hydroxylation is 1. The molecular formula is C19H20F3NO4. The fraction of sp³-hybridized carbons (Fsp3) is 0.421. The van der Waals surface area contributed by atoms with Crippen LogP contribution >= 0.6 is 0 Å². The number of ketones is 2. The number of esters is 1. The standard InChI is InChI=1S/C19H20F3NO4/c1-2-13-5-7-14(8-6-13)16(24)12-27-18(26)15-4-3-10-23(15)11-9-17(25)19(20,21)22/h5-9,11,15H,2-4,10,12H2,1H3/b11-9+. The van der Waals surface area contributed by atoms with Gasteiger partial charge in [0.15, 0.2) is 12.4 Å². The van der Waals surface area contributed by atoms with Gasteiger partial charge in [-0.15, -0.1) is 0 Å². The molecule has 0 N–H and O–H groups in total. The lowest BCUT2D eigenvalue weighted by molar-refractivity contribution is -0.165. The molecule has 5 nitrogen and oxygen atoms in total. The molecule has 1 atom stereocenters. The highest BCUT2D eigenvalue weighted by molar-refractivity contribution is 5.98. The van der Waals surface area contributed by atoms with E-state index in [0.717, 1.165) is 18.2 Å². The van der Waals surface area contributed by atoms with Crippen LogP contribution in [0.15, 0.2) is 36.5 Å². The molecule has 0 spiro atoms. The van der Waals surface area contributed by atoms with Crippen molar-refractivity contribution in [2.24, 2.45) is 0 Å². The van der Waals surface area contributed by atoms with Gasteiger partial charge in [-0.05, 0) is 24.8 Å². The number of benzene rings is 1. The number of carbonyl (C=O) groups excluding carboxylic acids is 3. The van der Waals surface area contributed by atoms with Crippen molar-refractivity contribution < 1.29 is 32.3 Å². The van der Waals surface area contributed by atoms with E-state index in [1.165, 1.54) is 4.90 Å². The van der Waals surface area contributed by atoms with Crippen LogP contribution in [0.25, 0.3) is 0 Å². The van der Waals surface area contributed by atoms with Crippen LogP contribution in [0.5, 0.6) is 0 Å². The molecule has 0 saturated carbocycles. The molecule has 2 rings (SSSR count). The van der Waals surface area contributed by atoms with Crippen LogP contribution in [0.4, 0.5) is 13.2 Å². The first kappa shape index (κ1) is 20.7. The van der Waals surface area contributed by atoms with Gasteiger partial charge in [-0.25, -0.2) is 4.79 Å². The normalized spacial score (nSPS) is 17.3. The van der Waals surface area contributed by atoms with Crippen LogP contribution < -0.4 is 0 Å². The van der Waals surface area contributed by atoms with Gasteiger partial charge in [0.1, 0.15) is 6.04 Å². The minimum atomic E-state index is -4.95. The van der Waals surface area contributed by atoms with E-state index >= 15 is 0 Å². The summed E-state index contributed by atoms with van der Waals surface area (Å²) in [5, 5.41) is 0. The van der Waals surface area contributed by atoms with E-state index in [1.807, 2.05) is 19.1 Å². The van der Waals surface area contributed by atoms with Crippen molar-refractivity contribution in [3.8, 4) is 0 Å². The maximum atomic E-state index is 12.2. The number of nitrogens with zero attached hydrogens (tertiary/aromatic N) is 1. The quantitative estimate of drug-likeness (QED) is 0.411. The van der Waals surface area contributed by atoms with Crippen molar-refractivity contribution in [2.75, 3.05) is 13.2 Å². The predicted octanol–water partition coefficient (Wildman–Crippen LogP) is 3.08. The summed E-state index contributed by atoms with van der Waals surface area (Å²) in [6.07, 6.45) is -1.82. The summed E-state index contributed by atoms with van der Waals surface area (Å²) in [6.45, 7) is 1.87. The van der Waals surface area contributed by atoms with Crippen molar-refractivity contribution in [1.82, 2.24) is 4.90 Å². The fourth-order valence-corrected chi connectivity index (χ4v) is 2.72. The van der Waals surface area contributed by atoms with Crippen LogP contribution in [-0.2, 0) is 20.7 Å². The molecule has 8 heteroatoms. The molecule has 27 heavy (non-hydrogen) atoms. The zero-order valence-electron chi connectivity index (χ0n) is 14.8. The van der Waals surface area contributed by atoms with E-state index in [0.29, 0.717) is 31.0 Å². The number of halogens is 3. The van der Waals surface area contributed by atoms with Crippen molar-refractivity contribution >= 4 is 17.5 Å². The lowest BCUT2D eigenvalue weighted by Crippen LogP contribution is -2.35. The van der Waals surface area contributed by atoms with E-state index in [1.54, 1.807) is 12.1 Å². The van der Waals surface area contributed by atoms with Crippen molar-refractivity contribution in [3.63, 3.8) is 0 Å². The van der Waals surface area contributed by atoms with E-state index in [9.17, 15) is 27.6 Å². The molecule has 1 aromatic rings. The Hall–Kier alpha value is -2.64. The van der Waals surface area contributed by atoms with Gasteiger partial charge in [-0.1, -0.05) is 31.2 Å². The molecular weight excluding hydrogens is 363 g/mol. The first-order valence-electron chi connectivity index (χ1n) is 8.56. The number of hydrogen-bond donors (Lipinski definition) is 0. The molecule has 1 saturated heterocycles. The third kappa shape index (κ3) is 5.67. The monoisotopic (exact) mass is 383 g/mol. The van der Waals surface area contributed by atoms with Crippen LogP contribution in [0.1, 0.15) is 35.7 Å². The Labute approximate surface area is 154 Å². The Morgan fingerprint density at radius 1 is 1.22 bits per heavy atom. The van der Waals surface area contributed by atoms with Gasteiger partial charge < -0.3 is 9.64 Å². The van der Waals surface area contributed by atoms with Gasteiger partial charge in [0.05, 0.1) is 0 Å². The van der Waals surface area contributed by atoms with Gasteiger partial charge in [0.2, 0.25) is 0 Å². The average molecular weight is 383 g/mol. The molecule has 0 aromatic heterocycles. The SMILES string of the molecule is CCc1ccc(C(=O)COC(=O)C2CCCN2/C=C/C(=O)C(F)(F)F)cc1. The van der Waals surface area contributed by atoms with Crippen LogP contribution in [0.2, 0.25) is 0 Å². The summed E-state index contributed by atoms with van der Waals surface area (Å²) in [5.41, 5.74) is 1.49. The van der Waals surface area contributed by atoms with E-state index in [2.05, 4.69) is 0 Å². The predicted molar refractivity (Wildman–Crippen MR) is 91.0 cm³/mol.